The van der Waals surface area contributed by atoms with Gasteiger partial charge in [-0.3, -0.25) is 0 Å². The maximum absolute atomic E-state index is 12.9. The second kappa shape index (κ2) is 5.47. The van der Waals surface area contributed by atoms with Crippen molar-refractivity contribution in [3.8, 4) is 0 Å². The van der Waals surface area contributed by atoms with Crippen LogP contribution >= 0.6 is 12.4 Å². The summed E-state index contributed by atoms with van der Waals surface area (Å²) in [5.41, 5.74) is 4.68. The van der Waals surface area contributed by atoms with Gasteiger partial charge in [-0.1, -0.05) is 0 Å². The van der Waals surface area contributed by atoms with Crippen molar-refractivity contribution in [1.29, 1.82) is 0 Å². The fourth-order valence-corrected chi connectivity index (χ4v) is 1.10. The second-order valence-electron chi connectivity index (χ2n) is 3.10. The molecule has 92 valence electrons. The summed E-state index contributed by atoms with van der Waals surface area (Å²) in [6, 6.07) is 0.0229. The van der Waals surface area contributed by atoms with Crippen molar-refractivity contribution in [2.24, 2.45) is 5.73 Å². The minimum absolute atomic E-state index is 0. The summed E-state index contributed by atoms with van der Waals surface area (Å²) in [6.07, 6.45) is 0. The van der Waals surface area contributed by atoms with Gasteiger partial charge in [0.2, 0.25) is 0 Å². The second-order valence-corrected chi connectivity index (χ2v) is 3.10. The SMILES string of the molecule is Cl.N[C@@H](c1cc(F)cc(F)c1)C(F)(F)CO. The van der Waals surface area contributed by atoms with Gasteiger partial charge in [0.05, 0.1) is 6.04 Å². The predicted molar refractivity (Wildman–Crippen MR) is 52.6 cm³/mol. The molecule has 0 radical (unpaired) electrons. The molecule has 0 aliphatic rings. The zero-order valence-electron chi connectivity index (χ0n) is 7.96. The predicted octanol–water partition coefficient (Wildman–Crippen LogP) is 2.01. The highest BCUT2D eigenvalue weighted by Gasteiger charge is 2.37. The maximum Gasteiger partial charge on any atom is 0.289 e. The Kier molecular flexibility index (Phi) is 5.18. The Labute approximate surface area is 95.5 Å². The minimum atomic E-state index is -3.61. The topological polar surface area (TPSA) is 46.2 Å². The number of hydrogen-bond acceptors (Lipinski definition) is 2. The fraction of sp³-hybridized carbons (Fsp3) is 0.333. The molecule has 0 aromatic heterocycles. The van der Waals surface area contributed by atoms with E-state index in [0.717, 1.165) is 0 Å². The van der Waals surface area contributed by atoms with E-state index in [-0.39, 0.29) is 12.4 Å². The fourth-order valence-electron chi connectivity index (χ4n) is 1.10. The summed E-state index contributed by atoms with van der Waals surface area (Å²) >= 11 is 0. The van der Waals surface area contributed by atoms with Crippen molar-refractivity contribution < 1.29 is 22.7 Å². The Morgan fingerprint density at radius 2 is 1.62 bits per heavy atom. The molecule has 0 fully saturated rings. The molecule has 0 bridgehead atoms. The van der Waals surface area contributed by atoms with Crippen LogP contribution in [0.4, 0.5) is 17.6 Å². The third-order valence-electron chi connectivity index (χ3n) is 1.91. The molecule has 0 saturated heterocycles. The number of nitrogens with two attached hydrogens (primary N) is 1. The number of aliphatic hydroxyl groups excluding tert-OH is 1. The number of aliphatic hydroxyl groups is 1. The third-order valence-corrected chi connectivity index (χ3v) is 1.91. The van der Waals surface area contributed by atoms with Crippen LogP contribution in [-0.4, -0.2) is 17.6 Å². The van der Waals surface area contributed by atoms with Crippen LogP contribution in [0.2, 0.25) is 0 Å². The van der Waals surface area contributed by atoms with Gasteiger partial charge in [0.15, 0.2) is 0 Å². The quantitative estimate of drug-likeness (QED) is 0.816. The van der Waals surface area contributed by atoms with Gasteiger partial charge in [-0.25, -0.2) is 17.6 Å². The van der Waals surface area contributed by atoms with Crippen LogP contribution in [0.5, 0.6) is 0 Å². The Hall–Kier alpha value is -0.850. The molecule has 1 rings (SSSR count). The minimum Gasteiger partial charge on any atom is -0.390 e. The Morgan fingerprint density at radius 1 is 1.19 bits per heavy atom. The Morgan fingerprint density at radius 3 is 2.00 bits per heavy atom. The van der Waals surface area contributed by atoms with E-state index in [2.05, 4.69) is 0 Å². The van der Waals surface area contributed by atoms with Gasteiger partial charge in [0.1, 0.15) is 18.2 Å². The molecule has 0 amide bonds. The van der Waals surface area contributed by atoms with Crippen LogP contribution in [0.15, 0.2) is 18.2 Å². The maximum atomic E-state index is 12.9. The molecule has 2 nitrogen and oxygen atoms in total. The first-order valence-corrected chi connectivity index (χ1v) is 4.07. The standard InChI is InChI=1S/C9H9F4NO.ClH/c10-6-1-5(2-7(11)3-6)8(14)9(12,13)4-15;/h1-3,8,15H,4,14H2;1H/t8-;/m0./s1. The Bertz CT molecular complexity index is 341. The third kappa shape index (κ3) is 3.33. The number of halogens is 5. The number of alkyl halides is 2. The molecule has 0 saturated carbocycles. The van der Waals surface area contributed by atoms with Crippen LogP contribution in [0.3, 0.4) is 0 Å². The number of rotatable bonds is 3. The highest BCUT2D eigenvalue weighted by atomic mass is 35.5. The molecule has 1 aromatic carbocycles. The van der Waals surface area contributed by atoms with Crippen LogP contribution in [0, 0.1) is 11.6 Å². The molecular weight excluding hydrogens is 250 g/mol. The lowest BCUT2D eigenvalue weighted by Gasteiger charge is -2.21. The molecule has 0 aliphatic heterocycles. The molecule has 3 N–H and O–H groups in total. The number of hydrogen-bond donors (Lipinski definition) is 2. The van der Waals surface area contributed by atoms with Crippen LogP contribution < -0.4 is 5.73 Å². The normalized spacial score (nSPS) is 13.1. The first-order chi connectivity index (χ1) is 6.86. The summed E-state index contributed by atoms with van der Waals surface area (Å²) < 4.78 is 51.1. The van der Waals surface area contributed by atoms with E-state index in [4.69, 9.17) is 10.8 Å². The number of benzene rings is 1. The average molecular weight is 260 g/mol. The van der Waals surface area contributed by atoms with E-state index in [0.29, 0.717) is 18.2 Å². The van der Waals surface area contributed by atoms with Gasteiger partial charge in [-0.2, -0.15) is 0 Å². The molecule has 0 spiro atoms. The molecule has 0 aliphatic carbocycles. The molecule has 1 atom stereocenters. The van der Waals surface area contributed by atoms with E-state index >= 15 is 0 Å². The van der Waals surface area contributed by atoms with Crippen molar-refractivity contribution in [2.45, 2.75) is 12.0 Å². The molecule has 0 unspecified atom stereocenters. The lowest BCUT2D eigenvalue weighted by Crippen LogP contribution is -2.36. The Balaban J connectivity index is 0.00000225. The van der Waals surface area contributed by atoms with E-state index in [1.54, 1.807) is 0 Å². The van der Waals surface area contributed by atoms with Gasteiger partial charge >= 0.3 is 0 Å². The van der Waals surface area contributed by atoms with Crippen LogP contribution in [0.25, 0.3) is 0 Å². The van der Waals surface area contributed by atoms with Crippen molar-refractivity contribution >= 4 is 12.4 Å². The van der Waals surface area contributed by atoms with E-state index in [1.807, 2.05) is 0 Å². The lowest BCUT2D eigenvalue weighted by atomic mass is 10.0. The van der Waals surface area contributed by atoms with Gasteiger partial charge in [0.25, 0.3) is 5.92 Å². The first kappa shape index (κ1) is 15.2. The summed E-state index contributed by atoms with van der Waals surface area (Å²) in [4.78, 5) is 0. The summed E-state index contributed by atoms with van der Waals surface area (Å²) in [7, 11) is 0. The van der Waals surface area contributed by atoms with Gasteiger partial charge < -0.3 is 10.8 Å². The lowest BCUT2D eigenvalue weighted by molar-refractivity contribution is -0.0712. The molecule has 1 aromatic rings. The highest BCUT2D eigenvalue weighted by Crippen LogP contribution is 2.29. The molecule has 0 heterocycles. The van der Waals surface area contributed by atoms with Gasteiger partial charge in [-0.15, -0.1) is 12.4 Å². The van der Waals surface area contributed by atoms with Crippen molar-refractivity contribution in [1.82, 2.24) is 0 Å². The molecule has 7 heteroatoms. The summed E-state index contributed by atoms with van der Waals surface area (Å²) in [6.45, 7) is -1.48. The van der Waals surface area contributed by atoms with Gasteiger partial charge in [-0.05, 0) is 17.7 Å². The highest BCUT2D eigenvalue weighted by molar-refractivity contribution is 5.85. The van der Waals surface area contributed by atoms with E-state index in [9.17, 15) is 17.6 Å². The van der Waals surface area contributed by atoms with Crippen molar-refractivity contribution in [3.05, 3.63) is 35.4 Å². The smallest absolute Gasteiger partial charge is 0.289 e. The van der Waals surface area contributed by atoms with Crippen molar-refractivity contribution in [2.75, 3.05) is 6.61 Å². The monoisotopic (exact) mass is 259 g/mol. The summed E-state index contributed by atoms with van der Waals surface area (Å²) in [5, 5.41) is 8.35. The van der Waals surface area contributed by atoms with Gasteiger partial charge in [0, 0.05) is 6.07 Å². The largest absolute Gasteiger partial charge is 0.390 e. The molecule has 16 heavy (non-hydrogen) atoms. The zero-order valence-corrected chi connectivity index (χ0v) is 8.78. The zero-order chi connectivity index (χ0) is 11.6. The first-order valence-electron chi connectivity index (χ1n) is 4.07. The van der Waals surface area contributed by atoms with Crippen LogP contribution in [0.1, 0.15) is 11.6 Å². The van der Waals surface area contributed by atoms with Crippen LogP contribution in [-0.2, 0) is 0 Å². The molecular formula is C9H10ClF4NO. The van der Waals surface area contributed by atoms with Crippen molar-refractivity contribution in [3.63, 3.8) is 0 Å². The van der Waals surface area contributed by atoms with E-state index in [1.165, 1.54) is 0 Å². The average Bonchev–Trinajstić information content (AvgIpc) is 2.15. The summed E-state index contributed by atoms with van der Waals surface area (Å²) in [5.74, 6) is -5.59. The van der Waals surface area contributed by atoms with E-state index < -0.39 is 35.8 Å².